The van der Waals surface area contributed by atoms with Gasteiger partial charge in [0.25, 0.3) is 0 Å². The second-order valence-corrected chi connectivity index (χ2v) is 3.57. The lowest BCUT2D eigenvalue weighted by atomic mass is 9.98. The molecule has 5 heteroatoms. The molecule has 1 aliphatic heterocycles. The minimum Gasteiger partial charge on any atom is -0.497 e. The van der Waals surface area contributed by atoms with Crippen LogP contribution < -0.4 is 10.1 Å². The monoisotopic (exact) mass is 235 g/mol. The molecule has 0 spiro atoms. The Balaban J connectivity index is 0.000000437. The molecule has 5 nitrogen and oxygen atoms in total. The van der Waals surface area contributed by atoms with Crippen molar-refractivity contribution in [3.8, 4) is 5.75 Å². The zero-order chi connectivity index (χ0) is 12.7. The van der Waals surface area contributed by atoms with Gasteiger partial charge in [0.05, 0.1) is 7.11 Å². The van der Waals surface area contributed by atoms with E-state index in [1.165, 1.54) is 5.56 Å². The molecule has 17 heavy (non-hydrogen) atoms. The maximum absolute atomic E-state index is 11.0. The number of hydrogen-bond acceptors (Lipinski definition) is 4. The lowest BCUT2D eigenvalue weighted by Crippen LogP contribution is -2.13. The highest BCUT2D eigenvalue weighted by Crippen LogP contribution is 2.25. The first-order chi connectivity index (χ1) is 8.21. The molecule has 0 bridgehead atoms. The quantitative estimate of drug-likeness (QED) is 0.819. The van der Waals surface area contributed by atoms with Crippen molar-refractivity contribution in [2.24, 2.45) is 0 Å². The SMILES string of the molecule is COc1cccc([C@H]2CNC(=O)C2)c1.O=C=O. The number of methoxy groups -OCH3 is 1. The van der Waals surface area contributed by atoms with E-state index in [-0.39, 0.29) is 12.1 Å². The lowest BCUT2D eigenvalue weighted by Gasteiger charge is -2.08. The molecule has 1 aliphatic rings. The molecule has 90 valence electrons. The topological polar surface area (TPSA) is 72.5 Å². The standard InChI is InChI=1S/C11H13NO2.CO2/c1-14-10-4-2-3-8(5-10)9-6-11(13)12-7-9;2-1-3/h2-5,9H,6-7H2,1H3,(H,12,13);/t9-;/m1./s1. The third kappa shape index (κ3) is 3.74. The Bertz CT molecular complexity index is 424. The van der Waals surface area contributed by atoms with Crippen LogP contribution >= 0.6 is 0 Å². The highest BCUT2D eigenvalue weighted by Gasteiger charge is 2.22. The molecule has 0 radical (unpaired) electrons. The van der Waals surface area contributed by atoms with Crippen molar-refractivity contribution < 1.29 is 19.1 Å². The number of benzene rings is 1. The van der Waals surface area contributed by atoms with Gasteiger partial charge in [-0.1, -0.05) is 12.1 Å². The van der Waals surface area contributed by atoms with Gasteiger partial charge in [-0.25, -0.2) is 0 Å². The van der Waals surface area contributed by atoms with Crippen LogP contribution in [0.2, 0.25) is 0 Å². The zero-order valence-corrected chi connectivity index (χ0v) is 9.43. The molecule has 1 amide bonds. The number of hydrogen-bond donors (Lipinski definition) is 1. The Labute approximate surface area is 98.8 Å². The predicted molar refractivity (Wildman–Crippen MR) is 58.4 cm³/mol. The van der Waals surface area contributed by atoms with Crippen molar-refractivity contribution in [2.45, 2.75) is 12.3 Å². The van der Waals surface area contributed by atoms with E-state index < -0.39 is 0 Å². The molecule has 0 aliphatic carbocycles. The maximum Gasteiger partial charge on any atom is 0.373 e. The fourth-order valence-corrected chi connectivity index (χ4v) is 1.74. The Morgan fingerprint density at radius 1 is 1.41 bits per heavy atom. The molecule has 1 heterocycles. The Hall–Kier alpha value is -2.13. The average Bonchev–Trinajstić information content (AvgIpc) is 2.77. The van der Waals surface area contributed by atoms with Gasteiger partial charge in [-0.2, -0.15) is 9.59 Å². The molecular weight excluding hydrogens is 222 g/mol. The smallest absolute Gasteiger partial charge is 0.373 e. The fraction of sp³-hybridized carbons (Fsp3) is 0.333. The van der Waals surface area contributed by atoms with Gasteiger partial charge in [0, 0.05) is 18.9 Å². The van der Waals surface area contributed by atoms with Crippen LogP contribution in [-0.4, -0.2) is 25.7 Å². The number of nitrogens with one attached hydrogen (secondary N) is 1. The normalized spacial score (nSPS) is 17.5. The molecule has 1 fully saturated rings. The molecule has 1 aromatic carbocycles. The molecule has 0 saturated carbocycles. The van der Waals surface area contributed by atoms with Crippen LogP contribution in [0, 0.1) is 0 Å². The third-order valence-corrected chi connectivity index (χ3v) is 2.54. The van der Waals surface area contributed by atoms with Crippen molar-refractivity contribution in [3.05, 3.63) is 29.8 Å². The van der Waals surface area contributed by atoms with Crippen LogP contribution in [0.1, 0.15) is 17.9 Å². The van der Waals surface area contributed by atoms with Gasteiger partial charge in [0.15, 0.2) is 0 Å². The van der Waals surface area contributed by atoms with E-state index >= 15 is 0 Å². The van der Waals surface area contributed by atoms with E-state index in [1.807, 2.05) is 24.3 Å². The highest BCUT2D eigenvalue weighted by molar-refractivity contribution is 5.79. The van der Waals surface area contributed by atoms with Crippen LogP contribution in [0.4, 0.5) is 0 Å². The minimum absolute atomic E-state index is 0.137. The summed E-state index contributed by atoms with van der Waals surface area (Å²) in [5.41, 5.74) is 1.17. The van der Waals surface area contributed by atoms with Crippen LogP contribution in [0.25, 0.3) is 0 Å². The number of amides is 1. The maximum atomic E-state index is 11.0. The first-order valence-electron chi connectivity index (χ1n) is 5.11. The molecule has 1 saturated heterocycles. The van der Waals surface area contributed by atoms with Gasteiger partial charge >= 0.3 is 6.15 Å². The molecule has 1 aromatic rings. The van der Waals surface area contributed by atoms with Gasteiger partial charge in [-0.3, -0.25) is 4.79 Å². The largest absolute Gasteiger partial charge is 0.497 e. The van der Waals surface area contributed by atoms with Gasteiger partial charge in [-0.15, -0.1) is 0 Å². The molecular formula is C12H13NO4. The van der Waals surface area contributed by atoms with E-state index in [1.54, 1.807) is 7.11 Å². The van der Waals surface area contributed by atoms with Crippen LogP contribution in [0.3, 0.4) is 0 Å². The summed E-state index contributed by atoms with van der Waals surface area (Å²) in [5.74, 6) is 1.29. The molecule has 1 atom stereocenters. The Morgan fingerprint density at radius 2 is 2.12 bits per heavy atom. The highest BCUT2D eigenvalue weighted by atomic mass is 16.5. The summed E-state index contributed by atoms with van der Waals surface area (Å²) >= 11 is 0. The second-order valence-electron chi connectivity index (χ2n) is 3.57. The number of rotatable bonds is 2. The van der Waals surface area contributed by atoms with Crippen LogP contribution in [0.5, 0.6) is 5.75 Å². The Kier molecular flexibility index (Phi) is 4.91. The first kappa shape index (κ1) is 12.9. The number of carbonyl (C=O) groups excluding carboxylic acids is 3. The summed E-state index contributed by atoms with van der Waals surface area (Å²) in [7, 11) is 1.65. The van der Waals surface area contributed by atoms with Gasteiger partial charge in [0.1, 0.15) is 5.75 Å². The fourth-order valence-electron chi connectivity index (χ4n) is 1.74. The summed E-state index contributed by atoms with van der Waals surface area (Å²) in [6.07, 6.45) is 0.840. The summed E-state index contributed by atoms with van der Waals surface area (Å²) in [6, 6.07) is 7.89. The van der Waals surface area contributed by atoms with Crippen LogP contribution in [0.15, 0.2) is 24.3 Å². The number of ether oxygens (including phenoxy) is 1. The van der Waals surface area contributed by atoms with Crippen molar-refractivity contribution >= 4 is 12.1 Å². The first-order valence-corrected chi connectivity index (χ1v) is 5.11. The summed E-state index contributed by atoms with van der Waals surface area (Å²) < 4.78 is 5.14. The molecule has 1 N–H and O–H groups in total. The molecule has 0 unspecified atom stereocenters. The predicted octanol–water partition coefficient (Wildman–Crippen LogP) is 0.715. The lowest BCUT2D eigenvalue weighted by molar-refractivity contribution is -0.191. The van der Waals surface area contributed by atoms with Crippen molar-refractivity contribution in [1.82, 2.24) is 5.32 Å². The minimum atomic E-state index is 0.137. The summed E-state index contributed by atoms with van der Waals surface area (Å²) in [6.45, 7) is 0.742. The van der Waals surface area contributed by atoms with Crippen LogP contribution in [-0.2, 0) is 14.4 Å². The average molecular weight is 235 g/mol. The van der Waals surface area contributed by atoms with E-state index in [0.717, 1.165) is 12.3 Å². The van der Waals surface area contributed by atoms with Gasteiger partial charge < -0.3 is 10.1 Å². The molecule has 0 aromatic heterocycles. The van der Waals surface area contributed by atoms with Crippen molar-refractivity contribution in [2.75, 3.05) is 13.7 Å². The van der Waals surface area contributed by atoms with E-state index in [9.17, 15) is 4.79 Å². The second kappa shape index (κ2) is 6.45. The van der Waals surface area contributed by atoms with Gasteiger partial charge in [0.2, 0.25) is 5.91 Å². The summed E-state index contributed by atoms with van der Waals surface area (Å²) in [4.78, 5) is 27.3. The summed E-state index contributed by atoms with van der Waals surface area (Å²) in [5, 5.41) is 2.83. The van der Waals surface area contributed by atoms with Gasteiger partial charge in [-0.05, 0) is 17.7 Å². The third-order valence-electron chi connectivity index (χ3n) is 2.54. The molecule has 2 rings (SSSR count). The van der Waals surface area contributed by atoms with Crippen molar-refractivity contribution in [3.63, 3.8) is 0 Å². The Morgan fingerprint density at radius 3 is 2.65 bits per heavy atom. The van der Waals surface area contributed by atoms with E-state index in [2.05, 4.69) is 5.32 Å². The van der Waals surface area contributed by atoms with E-state index in [4.69, 9.17) is 14.3 Å². The van der Waals surface area contributed by atoms with E-state index in [0.29, 0.717) is 12.3 Å². The number of carbonyl (C=O) groups is 1. The van der Waals surface area contributed by atoms with Crippen molar-refractivity contribution in [1.29, 1.82) is 0 Å². The zero-order valence-electron chi connectivity index (χ0n) is 9.43.